The van der Waals surface area contributed by atoms with Gasteiger partial charge < -0.3 is 15.6 Å². The average molecular weight is 145 g/mol. The molecule has 4 nitrogen and oxygen atoms in total. The Morgan fingerprint density at radius 3 is 2.30 bits per heavy atom. The fourth-order valence-corrected chi connectivity index (χ4v) is 0.523. The van der Waals surface area contributed by atoms with E-state index in [1.807, 2.05) is 0 Å². The third kappa shape index (κ3) is 2.96. The van der Waals surface area contributed by atoms with Gasteiger partial charge in [-0.3, -0.25) is 0 Å². The predicted molar refractivity (Wildman–Crippen MR) is 36.3 cm³/mol. The summed E-state index contributed by atoms with van der Waals surface area (Å²) in [4.78, 5) is 10.1. The van der Waals surface area contributed by atoms with Gasteiger partial charge in [0, 0.05) is 6.42 Å². The molecule has 0 saturated carbocycles. The van der Waals surface area contributed by atoms with Gasteiger partial charge in [-0.05, 0) is 6.92 Å². The summed E-state index contributed by atoms with van der Waals surface area (Å²) in [6.07, 6.45) is -0.448. The highest BCUT2D eigenvalue weighted by Gasteiger charge is 2.02. The number of nitrogens with two attached hydrogens (primary N) is 1. The van der Waals surface area contributed by atoms with E-state index in [0.717, 1.165) is 0 Å². The topological polar surface area (TPSA) is 72.5 Å². The molecule has 3 N–H and O–H groups in total. The van der Waals surface area contributed by atoms with Crippen molar-refractivity contribution in [1.29, 1.82) is 0 Å². The second-order valence-corrected chi connectivity index (χ2v) is 1.78. The number of hydrogen-bond donors (Lipinski definition) is 2. The van der Waals surface area contributed by atoms with Gasteiger partial charge in [0.25, 0.3) is 0 Å². The summed E-state index contributed by atoms with van der Waals surface area (Å²) in [5.41, 5.74) is 4.70. The third-order valence-electron chi connectivity index (χ3n) is 0.948. The first kappa shape index (κ1) is 8.81. The first-order chi connectivity index (χ1) is 4.57. The van der Waals surface area contributed by atoms with Crippen LogP contribution in [-0.2, 0) is 4.74 Å². The summed E-state index contributed by atoms with van der Waals surface area (Å²) in [7, 11) is 0. The number of ether oxygens (including phenoxy) is 1. The number of hydrogen-bond acceptors (Lipinski definition) is 3. The normalized spacial score (nSPS) is 12.2. The summed E-state index contributed by atoms with van der Waals surface area (Å²) in [5, 5.41) is 8.81. The van der Waals surface area contributed by atoms with Crippen molar-refractivity contribution in [2.45, 2.75) is 20.3 Å². The minimum absolute atomic E-state index is 0.0127. The second-order valence-electron chi connectivity index (χ2n) is 1.78. The summed E-state index contributed by atoms with van der Waals surface area (Å²) in [6, 6.07) is 0. The molecule has 0 heterocycles. The Kier molecular flexibility index (Phi) is 3.32. The van der Waals surface area contributed by atoms with Crippen LogP contribution in [0.3, 0.4) is 0 Å². The van der Waals surface area contributed by atoms with Crippen LogP contribution in [0, 0.1) is 0 Å². The minimum atomic E-state index is -0.898. The first-order valence-electron chi connectivity index (χ1n) is 2.94. The lowest BCUT2D eigenvalue weighted by Gasteiger charge is -2.03. The Bertz CT molecular complexity index is 158. The van der Waals surface area contributed by atoms with Crippen molar-refractivity contribution in [1.82, 2.24) is 0 Å². The minimum Gasteiger partial charge on any atom is -0.509 e. The largest absolute Gasteiger partial charge is 0.509 e. The maximum atomic E-state index is 10.1. The van der Waals surface area contributed by atoms with Gasteiger partial charge in [0.1, 0.15) is 11.5 Å². The molecule has 0 aromatic carbocycles. The quantitative estimate of drug-likeness (QED) is 0.575. The number of rotatable bonds is 2. The average Bonchev–Trinajstić information content (AvgIpc) is 1.81. The van der Waals surface area contributed by atoms with Crippen LogP contribution in [-0.4, -0.2) is 11.2 Å². The van der Waals surface area contributed by atoms with E-state index in [-0.39, 0.29) is 11.5 Å². The number of carbonyl (C=O) groups is 1. The maximum Gasteiger partial charge on any atom is 0.409 e. The SMILES string of the molecule is CC/C(OC(N)=O)=C(/C)O. The van der Waals surface area contributed by atoms with Crippen molar-refractivity contribution in [2.24, 2.45) is 5.73 Å². The molecular formula is C6H11NO3. The molecule has 4 heteroatoms. The zero-order chi connectivity index (χ0) is 8.15. The number of aliphatic hydroxyl groups is 1. The molecule has 0 fully saturated rings. The van der Waals surface area contributed by atoms with Gasteiger partial charge in [0.15, 0.2) is 0 Å². The molecule has 0 saturated heterocycles. The molecule has 0 aliphatic carbocycles. The first-order valence-corrected chi connectivity index (χ1v) is 2.94. The molecule has 0 bridgehead atoms. The van der Waals surface area contributed by atoms with Crippen LogP contribution in [0.4, 0.5) is 4.79 Å². The molecule has 0 radical (unpaired) electrons. The van der Waals surface area contributed by atoms with Crippen molar-refractivity contribution >= 4 is 6.09 Å². The van der Waals surface area contributed by atoms with Crippen LogP contribution in [0.25, 0.3) is 0 Å². The van der Waals surface area contributed by atoms with E-state index >= 15 is 0 Å². The number of carbonyl (C=O) groups excluding carboxylic acids is 1. The lowest BCUT2D eigenvalue weighted by Crippen LogP contribution is -2.13. The summed E-state index contributed by atoms with van der Waals surface area (Å²) in [6.45, 7) is 3.18. The number of primary amides is 1. The van der Waals surface area contributed by atoms with Crippen LogP contribution in [0.2, 0.25) is 0 Å². The lowest BCUT2D eigenvalue weighted by molar-refractivity contribution is 0.177. The highest BCUT2D eigenvalue weighted by atomic mass is 16.6. The number of amides is 1. The van der Waals surface area contributed by atoms with E-state index in [1.165, 1.54) is 6.92 Å². The van der Waals surface area contributed by atoms with Crippen molar-refractivity contribution in [3.8, 4) is 0 Å². The van der Waals surface area contributed by atoms with Gasteiger partial charge in [-0.25, -0.2) is 4.79 Å². The van der Waals surface area contributed by atoms with Gasteiger partial charge >= 0.3 is 6.09 Å². The Hall–Kier alpha value is -1.19. The molecule has 0 unspecified atom stereocenters. The van der Waals surface area contributed by atoms with Crippen LogP contribution < -0.4 is 5.73 Å². The molecule has 1 amide bonds. The van der Waals surface area contributed by atoms with Crippen molar-refractivity contribution in [2.75, 3.05) is 0 Å². The molecular weight excluding hydrogens is 134 g/mol. The van der Waals surface area contributed by atoms with Crippen LogP contribution in [0.15, 0.2) is 11.5 Å². The summed E-state index contributed by atoms with van der Waals surface area (Å²) >= 11 is 0. The van der Waals surface area contributed by atoms with E-state index in [2.05, 4.69) is 4.74 Å². The summed E-state index contributed by atoms with van der Waals surface area (Å²) in [5.74, 6) is 0.203. The zero-order valence-corrected chi connectivity index (χ0v) is 6.05. The Balaban J connectivity index is 4.11. The Labute approximate surface area is 59.3 Å². The standard InChI is InChI=1S/C6H11NO3/c1-3-5(4(2)8)10-6(7)9/h8H,3H2,1-2H3,(H2,7,9)/b5-4+. The van der Waals surface area contributed by atoms with Crippen molar-refractivity contribution in [3.05, 3.63) is 11.5 Å². The van der Waals surface area contributed by atoms with Crippen LogP contribution in [0.5, 0.6) is 0 Å². The fourth-order valence-electron chi connectivity index (χ4n) is 0.523. The lowest BCUT2D eigenvalue weighted by atomic mass is 10.3. The van der Waals surface area contributed by atoms with Crippen molar-refractivity contribution < 1.29 is 14.6 Å². The van der Waals surface area contributed by atoms with E-state index in [0.29, 0.717) is 6.42 Å². The highest BCUT2D eigenvalue weighted by Crippen LogP contribution is 2.06. The van der Waals surface area contributed by atoms with E-state index in [9.17, 15) is 4.79 Å². The molecule has 0 aliphatic rings. The highest BCUT2D eigenvalue weighted by molar-refractivity contribution is 5.65. The molecule has 0 spiro atoms. The molecule has 0 rings (SSSR count). The van der Waals surface area contributed by atoms with Crippen LogP contribution >= 0.6 is 0 Å². The fraction of sp³-hybridized carbons (Fsp3) is 0.500. The van der Waals surface area contributed by atoms with E-state index in [1.54, 1.807) is 6.92 Å². The Morgan fingerprint density at radius 1 is 1.70 bits per heavy atom. The summed E-state index contributed by atoms with van der Waals surface area (Å²) < 4.78 is 4.43. The smallest absolute Gasteiger partial charge is 0.409 e. The van der Waals surface area contributed by atoms with Gasteiger partial charge in [-0.1, -0.05) is 6.92 Å². The maximum absolute atomic E-state index is 10.1. The Morgan fingerprint density at radius 2 is 2.20 bits per heavy atom. The molecule has 0 atom stereocenters. The zero-order valence-electron chi connectivity index (χ0n) is 6.05. The number of allylic oxidation sites excluding steroid dienone is 2. The van der Waals surface area contributed by atoms with Gasteiger partial charge in [-0.2, -0.15) is 0 Å². The van der Waals surface area contributed by atoms with Gasteiger partial charge in [0.05, 0.1) is 0 Å². The van der Waals surface area contributed by atoms with E-state index < -0.39 is 6.09 Å². The van der Waals surface area contributed by atoms with Crippen molar-refractivity contribution in [3.63, 3.8) is 0 Å². The van der Waals surface area contributed by atoms with E-state index in [4.69, 9.17) is 10.8 Å². The number of aliphatic hydroxyl groups excluding tert-OH is 1. The molecule has 0 aliphatic heterocycles. The third-order valence-corrected chi connectivity index (χ3v) is 0.948. The monoisotopic (exact) mass is 145 g/mol. The molecule has 0 aromatic heterocycles. The predicted octanol–water partition coefficient (Wildman–Crippen LogP) is 1.28. The second kappa shape index (κ2) is 3.76. The van der Waals surface area contributed by atoms with Gasteiger partial charge in [0.2, 0.25) is 0 Å². The molecule has 10 heavy (non-hydrogen) atoms. The molecule has 58 valence electrons. The van der Waals surface area contributed by atoms with Gasteiger partial charge in [-0.15, -0.1) is 0 Å². The van der Waals surface area contributed by atoms with Crippen LogP contribution in [0.1, 0.15) is 20.3 Å². The molecule has 0 aromatic rings.